The van der Waals surface area contributed by atoms with Crippen molar-refractivity contribution in [2.75, 3.05) is 38.3 Å². The highest BCUT2D eigenvalue weighted by atomic mass is 19.1. The molecular formula is C14H15FN2O4. The zero-order valence-corrected chi connectivity index (χ0v) is 11.5. The van der Waals surface area contributed by atoms with Crippen LogP contribution in [-0.2, 0) is 4.74 Å². The van der Waals surface area contributed by atoms with Crippen LogP contribution >= 0.6 is 0 Å². The summed E-state index contributed by atoms with van der Waals surface area (Å²) in [6.45, 7) is 2.46. The van der Waals surface area contributed by atoms with E-state index in [2.05, 4.69) is 0 Å². The Morgan fingerprint density at radius 1 is 1.29 bits per heavy atom. The minimum atomic E-state index is -0.620. The molecule has 2 aromatic rings. The molecule has 0 spiro atoms. The van der Waals surface area contributed by atoms with Gasteiger partial charge in [-0.3, -0.25) is 0 Å². The molecule has 2 heterocycles. The van der Waals surface area contributed by atoms with Gasteiger partial charge in [0.2, 0.25) is 0 Å². The maximum absolute atomic E-state index is 14.3. The average Bonchev–Trinajstić information content (AvgIpc) is 2.89. The number of aromatic nitrogens is 1. The predicted molar refractivity (Wildman–Crippen MR) is 73.8 cm³/mol. The minimum absolute atomic E-state index is 0.0812. The largest absolute Gasteiger partial charge is 0.467 e. The van der Waals surface area contributed by atoms with Crippen molar-refractivity contribution < 1.29 is 18.3 Å². The van der Waals surface area contributed by atoms with E-state index in [9.17, 15) is 9.18 Å². The Morgan fingerprint density at radius 2 is 2.05 bits per heavy atom. The number of morpholine rings is 1. The van der Waals surface area contributed by atoms with Gasteiger partial charge < -0.3 is 18.8 Å². The number of benzene rings is 1. The molecule has 0 radical (unpaired) electrons. The van der Waals surface area contributed by atoms with Crippen molar-refractivity contribution in [3.8, 4) is 11.6 Å². The van der Waals surface area contributed by atoms with Gasteiger partial charge in [-0.15, -0.1) is 0 Å². The normalized spacial score (nSPS) is 15.2. The summed E-state index contributed by atoms with van der Waals surface area (Å²) < 4.78 is 30.4. The van der Waals surface area contributed by atoms with Crippen LogP contribution in [0.2, 0.25) is 0 Å². The molecule has 0 aliphatic carbocycles. The lowest BCUT2D eigenvalue weighted by molar-refractivity contribution is 0.122. The number of ether oxygens (including phenoxy) is 2. The second-order valence-corrected chi connectivity index (χ2v) is 4.63. The molecule has 0 unspecified atom stereocenters. The van der Waals surface area contributed by atoms with Crippen LogP contribution in [0.5, 0.6) is 5.95 Å². The SMILES string of the molecule is COc1cn(-c2ccc(N3CCOCC3)c(F)c2)c(=O)o1. The molecule has 7 heteroatoms. The lowest BCUT2D eigenvalue weighted by Crippen LogP contribution is -2.36. The average molecular weight is 294 g/mol. The number of nitrogens with zero attached hydrogens (tertiary/aromatic N) is 2. The molecule has 0 atom stereocenters. The van der Waals surface area contributed by atoms with E-state index in [1.807, 2.05) is 4.90 Å². The van der Waals surface area contributed by atoms with Crippen LogP contribution in [0.3, 0.4) is 0 Å². The molecular weight excluding hydrogens is 279 g/mol. The molecule has 1 aliphatic rings. The molecule has 0 amide bonds. The summed E-state index contributed by atoms with van der Waals surface area (Å²) in [4.78, 5) is 13.6. The van der Waals surface area contributed by atoms with E-state index in [1.54, 1.807) is 12.1 Å². The third-order valence-electron chi connectivity index (χ3n) is 3.38. The van der Waals surface area contributed by atoms with Crippen molar-refractivity contribution in [1.82, 2.24) is 4.57 Å². The Balaban J connectivity index is 1.93. The fraction of sp³-hybridized carbons (Fsp3) is 0.357. The summed E-state index contributed by atoms with van der Waals surface area (Å²) in [5.41, 5.74) is 0.895. The fourth-order valence-electron chi connectivity index (χ4n) is 2.30. The second kappa shape index (κ2) is 5.61. The smallest absolute Gasteiger partial charge is 0.426 e. The van der Waals surface area contributed by atoms with Gasteiger partial charge in [0, 0.05) is 19.2 Å². The Morgan fingerprint density at radius 3 is 2.67 bits per heavy atom. The van der Waals surface area contributed by atoms with E-state index in [0.29, 0.717) is 37.7 Å². The van der Waals surface area contributed by atoms with Crippen LogP contribution in [0.1, 0.15) is 0 Å². The van der Waals surface area contributed by atoms with E-state index in [4.69, 9.17) is 13.9 Å². The summed E-state index contributed by atoms with van der Waals surface area (Å²) >= 11 is 0. The maximum Gasteiger partial charge on any atom is 0.426 e. The predicted octanol–water partition coefficient (Wildman–Crippen LogP) is 1.41. The molecule has 1 aromatic carbocycles. The van der Waals surface area contributed by atoms with Crippen LogP contribution in [0.25, 0.3) is 5.69 Å². The lowest BCUT2D eigenvalue weighted by Gasteiger charge is -2.29. The number of rotatable bonds is 3. The molecule has 0 N–H and O–H groups in total. The summed E-state index contributed by atoms with van der Waals surface area (Å²) in [7, 11) is 1.39. The molecule has 112 valence electrons. The first-order valence-corrected chi connectivity index (χ1v) is 6.58. The lowest BCUT2D eigenvalue weighted by atomic mass is 10.2. The quantitative estimate of drug-likeness (QED) is 0.857. The highest BCUT2D eigenvalue weighted by Crippen LogP contribution is 2.23. The highest BCUT2D eigenvalue weighted by Gasteiger charge is 2.16. The maximum atomic E-state index is 14.3. The van der Waals surface area contributed by atoms with Crippen molar-refractivity contribution in [2.45, 2.75) is 0 Å². The molecule has 1 aliphatic heterocycles. The third kappa shape index (κ3) is 2.64. The summed E-state index contributed by atoms with van der Waals surface area (Å²) in [5.74, 6) is -0.926. The van der Waals surface area contributed by atoms with E-state index in [1.165, 1.54) is 23.9 Å². The van der Waals surface area contributed by atoms with Crippen LogP contribution < -0.4 is 15.4 Å². The first-order valence-electron chi connectivity index (χ1n) is 6.58. The molecule has 1 aromatic heterocycles. The van der Waals surface area contributed by atoms with Gasteiger partial charge in [0.25, 0.3) is 0 Å². The Kier molecular flexibility index (Phi) is 3.66. The van der Waals surface area contributed by atoms with Gasteiger partial charge in [-0.05, 0) is 12.1 Å². The van der Waals surface area contributed by atoms with Crippen molar-refractivity contribution in [2.24, 2.45) is 0 Å². The van der Waals surface area contributed by atoms with Crippen LogP contribution in [0.4, 0.5) is 10.1 Å². The molecule has 3 rings (SSSR count). The number of oxazole rings is 1. The fourth-order valence-corrected chi connectivity index (χ4v) is 2.30. The number of halogens is 1. The third-order valence-corrected chi connectivity index (χ3v) is 3.38. The molecule has 21 heavy (non-hydrogen) atoms. The summed E-state index contributed by atoms with van der Waals surface area (Å²) in [6, 6.07) is 4.63. The first kappa shape index (κ1) is 13.7. The van der Waals surface area contributed by atoms with E-state index >= 15 is 0 Å². The minimum Gasteiger partial charge on any atom is -0.467 e. The van der Waals surface area contributed by atoms with Gasteiger partial charge in [0.1, 0.15) is 5.82 Å². The molecule has 6 nitrogen and oxygen atoms in total. The Bertz CT molecular complexity index is 689. The van der Waals surface area contributed by atoms with Gasteiger partial charge in [-0.2, -0.15) is 0 Å². The molecule has 1 fully saturated rings. The van der Waals surface area contributed by atoms with E-state index < -0.39 is 5.76 Å². The summed E-state index contributed by atoms with van der Waals surface area (Å²) in [6.07, 6.45) is 1.38. The topological polar surface area (TPSA) is 56.8 Å². The van der Waals surface area contributed by atoms with Gasteiger partial charge in [0.05, 0.1) is 37.9 Å². The zero-order valence-electron chi connectivity index (χ0n) is 11.5. The van der Waals surface area contributed by atoms with Crippen molar-refractivity contribution >= 4 is 5.69 Å². The van der Waals surface area contributed by atoms with Crippen molar-refractivity contribution in [3.05, 3.63) is 40.8 Å². The van der Waals surface area contributed by atoms with Crippen molar-refractivity contribution in [3.63, 3.8) is 0 Å². The zero-order chi connectivity index (χ0) is 14.8. The number of methoxy groups -OCH3 is 1. The van der Waals surface area contributed by atoms with Crippen LogP contribution in [0.15, 0.2) is 33.6 Å². The highest BCUT2D eigenvalue weighted by molar-refractivity contribution is 5.52. The van der Waals surface area contributed by atoms with Gasteiger partial charge in [-0.25, -0.2) is 13.8 Å². The molecule has 1 saturated heterocycles. The van der Waals surface area contributed by atoms with Gasteiger partial charge in [-0.1, -0.05) is 0 Å². The standard InChI is InChI=1S/C14H15FN2O4/c1-19-13-9-17(14(18)21-13)10-2-3-12(11(15)8-10)16-4-6-20-7-5-16/h2-3,8-9H,4-7H2,1H3. The van der Waals surface area contributed by atoms with E-state index in [-0.39, 0.29) is 11.8 Å². The molecule has 0 saturated carbocycles. The van der Waals surface area contributed by atoms with Crippen LogP contribution in [0, 0.1) is 5.82 Å². The van der Waals surface area contributed by atoms with Crippen molar-refractivity contribution in [1.29, 1.82) is 0 Å². The monoisotopic (exact) mass is 294 g/mol. The number of hydrogen-bond acceptors (Lipinski definition) is 5. The second-order valence-electron chi connectivity index (χ2n) is 4.63. The first-order chi connectivity index (χ1) is 10.2. The van der Waals surface area contributed by atoms with Gasteiger partial charge in [0.15, 0.2) is 0 Å². The number of hydrogen-bond donors (Lipinski definition) is 0. The van der Waals surface area contributed by atoms with Gasteiger partial charge >= 0.3 is 11.7 Å². The Hall–Kier alpha value is -2.28. The van der Waals surface area contributed by atoms with Crippen LogP contribution in [-0.4, -0.2) is 38.0 Å². The van der Waals surface area contributed by atoms with E-state index in [0.717, 1.165) is 0 Å². The number of anilines is 1. The Labute approximate surface area is 120 Å². The summed E-state index contributed by atoms with van der Waals surface area (Å²) in [5, 5.41) is 0. The molecule has 0 bridgehead atoms.